The lowest BCUT2D eigenvalue weighted by Crippen LogP contribution is -2.60. The van der Waals surface area contributed by atoms with Crippen LogP contribution < -0.4 is 0 Å². The van der Waals surface area contributed by atoms with Crippen LogP contribution in [0.4, 0.5) is 0 Å². The highest BCUT2D eigenvalue weighted by Gasteiger charge is 2.55. The van der Waals surface area contributed by atoms with E-state index in [0.717, 1.165) is 25.1 Å². The van der Waals surface area contributed by atoms with E-state index in [2.05, 4.69) is 62.3 Å². The van der Waals surface area contributed by atoms with E-state index in [9.17, 15) is 0 Å². The van der Waals surface area contributed by atoms with Crippen molar-refractivity contribution in [3.63, 3.8) is 0 Å². The zero-order valence-corrected chi connectivity index (χ0v) is 19.8. The molecule has 30 heavy (non-hydrogen) atoms. The molecule has 0 radical (unpaired) electrons. The van der Waals surface area contributed by atoms with Crippen molar-refractivity contribution in [2.75, 3.05) is 32.5 Å². The first-order valence-electron chi connectivity index (χ1n) is 11.4. The van der Waals surface area contributed by atoms with Crippen LogP contribution in [0.25, 0.3) is 6.08 Å². The number of thioether (sulfide) groups is 1. The second-order valence-corrected chi connectivity index (χ2v) is 10.5. The van der Waals surface area contributed by atoms with Crippen molar-refractivity contribution in [1.82, 2.24) is 4.90 Å². The van der Waals surface area contributed by atoms with Crippen molar-refractivity contribution in [3.05, 3.63) is 35.4 Å². The molecule has 0 N–H and O–H groups in total. The highest BCUT2D eigenvalue weighted by Crippen LogP contribution is 2.51. The van der Waals surface area contributed by atoms with Gasteiger partial charge in [0.05, 0.1) is 5.60 Å². The van der Waals surface area contributed by atoms with Crippen molar-refractivity contribution >= 4 is 23.5 Å². The molecule has 4 fully saturated rings. The van der Waals surface area contributed by atoms with Crippen LogP contribution in [0.3, 0.4) is 0 Å². The lowest BCUT2D eigenvalue weighted by Gasteiger charge is -2.55. The predicted molar refractivity (Wildman–Crippen MR) is 126 cm³/mol. The van der Waals surface area contributed by atoms with Gasteiger partial charge in [0.15, 0.2) is 0 Å². The Hall–Kier alpha value is -1.30. The standard InChI is InChI=1S/C25H36N2O2S/c1-24(2)22-12-13-25(3,29-24)23(26-28-17-16-27-14-6-5-7-15-27)21(22)18-19-8-10-20(30-4)11-9-19/h8-11,18,22H,5-7,12-17H2,1-4H3/b21-18-,26-23+/t22-,25+/m1/s1. The monoisotopic (exact) mass is 428 g/mol. The van der Waals surface area contributed by atoms with Gasteiger partial charge in [0.2, 0.25) is 0 Å². The molecule has 5 heteroatoms. The fraction of sp³-hybridized carbons (Fsp3) is 0.640. The maximum absolute atomic E-state index is 6.56. The summed E-state index contributed by atoms with van der Waals surface area (Å²) in [6.07, 6.45) is 10.5. The zero-order chi connectivity index (χ0) is 21.2. The molecule has 0 amide bonds. The summed E-state index contributed by atoms with van der Waals surface area (Å²) < 4.78 is 6.56. The molecule has 0 aromatic heterocycles. The predicted octanol–water partition coefficient (Wildman–Crippen LogP) is 5.63. The first-order chi connectivity index (χ1) is 14.4. The van der Waals surface area contributed by atoms with Gasteiger partial charge in [-0.25, -0.2) is 0 Å². The van der Waals surface area contributed by atoms with Crippen LogP contribution in [-0.4, -0.2) is 54.3 Å². The maximum atomic E-state index is 6.56. The minimum atomic E-state index is -0.381. The quantitative estimate of drug-likeness (QED) is 0.334. The van der Waals surface area contributed by atoms with E-state index in [0.29, 0.717) is 12.5 Å². The molecule has 3 heterocycles. The zero-order valence-electron chi connectivity index (χ0n) is 18.9. The molecule has 164 valence electrons. The van der Waals surface area contributed by atoms with E-state index < -0.39 is 0 Å². The summed E-state index contributed by atoms with van der Waals surface area (Å²) in [6, 6.07) is 8.78. The lowest BCUT2D eigenvalue weighted by molar-refractivity contribution is -0.165. The van der Waals surface area contributed by atoms with Crippen LogP contribution in [-0.2, 0) is 9.57 Å². The van der Waals surface area contributed by atoms with Crippen LogP contribution >= 0.6 is 11.8 Å². The maximum Gasteiger partial charge on any atom is 0.129 e. The normalized spacial score (nSPS) is 31.4. The van der Waals surface area contributed by atoms with E-state index in [1.54, 1.807) is 11.8 Å². The third-order valence-electron chi connectivity index (χ3n) is 6.93. The number of fused-ring (bicyclic) bond motifs is 3. The fourth-order valence-electron chi connectivity index (χ4n) is 5.30. The molecule has 2 bridgehead atoms. The molecule has 0 spiro atoms. The van der Waals surface area contributed by atoms with Gasteiger partial charge >= 0.3 is 0 Å². The van der Waals surface area contributed by atoms with Gasteiger partial charge < -0.3 is 9.57 Å². The molecule has 1 saturated carbocycles. The Morgan fingerprint density at radius 3 is 2.57 bits per heavy atom. The summed E-state index contributed by atoms with van der Waals surface area (Å²) in [5, 5.41) is 4.69. The molecule has 3 saturated heterocycles. The van der Waals surface area contributed by atoms with Crippen molar-refractivity contribution in [2.45, 2.75) is 69.0 Å². The Balaban J connectivity index is 1.55. The Labute approximate surface area is 186 Å². The minimum Gasteiger partial charge on any atom is -0.394 e. The third-order valence-corrected chi connectivity index (χ3v) is 7.67. The van der Waals surface area contributed by atoms with E-state index in [-0.39, 0.29) is 11.2 Å². The highest BCUT2D eigenvalue weighted by atomic mass is 32.2. The number of rotatable bonds is 6. The summed E-state index contributed by atoms with van der Waals surface area (Å²) in [7, 11) is 0. The third kappa shape index (κ3) is 4.63. The largest absolute Gasteiger partial charge is 0.394 e. The molecule has 1 aliphatic carbocycles. The molecular formula is C25H36N2O2S. The van der Waals surface area contributed by atoms with Gasteiger partial charge in [0.25, 0.3) is 0 Å². The van der Waals surface area contributed by atoms with E-state index >= 15 is 0 Å². The van der Waals surface area contributed by atoms with Gasteiger partial charge in [-0.05, 0) is 95.1 Å². The molecular weight excluding hydrogens is 392 g/mol. The van der Waals surface area contributed by atoms with Gasteiger partial charge in [-0.1, -0.05) is 23.7 Å². The van der Waals surface area contributed by atoms with Crippen LogP contribution in [0.15, 0.2) is 39.9 Å². The fourth-order valence-corrected chi connectivity index (χ4v) is 5.71. The number of hydrogen-bond donors (Lipinski definition) is 0. The van der Waals surface area contributed by atoms with Crippen molar-refractivity contribution in [3.8, 4) is 0 Å². The summed E-state index contributed by atoms with van der Waals surface area (Å²) >= 11 is 1.77. The second-order valence-electron chi connectivity index (χ2n) is 9.58. The average molecular weight is 429 g/mol. The summed E-state index contributed by atoms with van der Waals surface area (Å²) in [5.74, 6) is 0.337. The molecule has 3 aliphatic heterocycles. The Morgan fingerprint density at radius 2 is 1.90 bits per heavy atom. The summed E-state index contributed by atoms with van der Waals surface area (Å²) in [6.45, 7) is 10.6. The number of hydrogen-bond acceptors (Lipinski definition) is 5. The molecule has 5 rings (SSSR count). The molecule has 1 aromatic rings. The van der Waals surface area contributed by atoms with Crippen LogP contribution in [0, 0.1) is 5.92 Å². The number of likely N-dealkylation sites (tertiary alicyclic amines) is 1. The van der Waals surface area contributed by atoms with Crippen molar-refractivity contribution in [1.29, 1.82) is 0 Å². The van der Waals surface area contributed by atoms with E-state index in [1.807, 2.05) is 0 Å². The van der Waals surface area contributed by atoms with Gasteiger partial charge in [0, 0.05) is 17.4 Å². The van der Waals surface area contributed by atoms with Crippen LogP contribution in [0.1, 0.15) is 58.4 Å². The van der Waals surface area contributed by atoms with Gasteiger partial charge in [-0.2, -0.15) is 0 Å². The number of oxime groups is 1. The molecule has 0 unspecified atom stereocenters. The Morgan fingerprint density at radius 1 is 1.17 bits per heavy atom. The van der Waals surface area contributed by atoms with E-state index in [1.165, 1.54) is 48.4 Å². The topological polar surface area (TPSA) is 34.1 Å². The first-order valence-corrected chi connectivity index (χ1v) is 12.6. The smallest absolute Gasteiger partial charge is 0.129 e. The number of nitrogens with zero attached hydrogens (tertiary/aromatic N) is 2. The Kier molecular flexibility index (Phi) is 6.61. The average Bonchev–Trinajstić information content (AvgIpc) is 2.73. The lowest BCUT2D eigenvalue weighted by atomic mass is 9.64. The first kappa shape index (κ1) is 21.9. The van der Waals surface area contributed by atoms with Crippen LogP contribution in [0.2, 0.25) is 0 Å². The van der Waals surface area contributed by atoms with Crippen molar-refractivity contribution < 1.29 is 9.57 Å². The molecule has 4 aliphatic rings. The van der Waals surface area contributed by atoms with E-state index in [4.69, 9.17) is 14.7 Å². The highest BCUT2D eigenvalue weighted by molar-refractivity contribution is 7.98. The van der Waals surface area contributed by atoms with Gasteiger partial charge in [-0.15, -0.1) is 11.8 Å². The number of benzene rings is 1. The SMILES string of the molecule is CSc1ccc(/C=C2\C(=N/OCCN3CCCCC3)[C@]3(C)CC[C@H]2C(C)(C)O3)cc1. The Bertz CT molecular complexity index is 796. The van der Waals surface area contributed by atoms with Crippen molar-refractivity contribution in [2.24, 2.45) is 11.1 Å². The molecule has 1 aromatic carbocycles. The molecule has 2 atom stereocenters. The molecule has 4 nitrogen and oxygen atoms in total. The number of ether oxygens (including phenoxy) is 1. The van der Waals surface area contributed by atoms with Gasteiger partial charge in [0.1, 0.15) is 17.9 Å². The minimum absolute atomic E-state index is 0.190. The second kappa shape index (κ2) is 9.05. The summed E-state index contributed by atoms with van der Waals surface area (Å²) in [4.78, 5) is 9.66. The summed E-state index contributed by atoms with van der Waals surface area (Å²) in [5.41, 5.74) is 2.93. The van der Waals surface area contributed by atoms with Gasteiger partial charge in [-0.3, -0.25) is 4.90 Å². The number of piperidine rings is 1. The van der Waals surface area contributed by atoms with Crippen LogP contribution in [0.5, 0.6) is 0 Å².